The number of allylic oxidation sites excluding steroid dienone is 1. The van der Waals surface area contributed by atoms with Crippen molar-refractivity contribution < 1.29 is 14.3 Å². The van der Waals surface area contributed by atoms with Crippen LogP contribution in [0.15, 0.2) is 124 Å². The molecule has 0 saturated heterocycles. The fraction of sp³-hybridized carbons (Fsp3) is 0.195. The molecule has 1 aliphatic heterocycles. The molecule has 49 heavy (non-hydrogen) atoms. The molecule has 1 aromatic heterocycles. The van der Waals surface area contributed by atoms with Crippen LogP contribution in [0.1, 0.15) is 43.5 Å². The van der Waals surface area contributed by atoms with Gasteiger partial charge in [-0.2, -0.15) is 0 Å². The van der Waals surface area contributed by atoms with Crippen molar-refractivity contribution in [2.24, 2.45) is 4.99 Å². The standard InChI is InChI=1S/C41H37N3O4S/c1-5-43(6-2)40(46)36-26(3)42-41-44(38(36)37-31-19-13-11-17-29(31)21-23-34(37)47-4)39(45)35(49-41)24-32-30-18-12-10-16-28(30)20-22-33(32)48-25-27-14-8-7-9-15-27/h7-24,38H,5-6,25H2,1-4H3/b35-24+/t38-/m0/s1. The number of ether oxygens (including phenoxy) is 2. The molecule has 0 N–H and O–H groups in total. The van der Waals surface area contributed by atoms with Crippen LogP contribution in [0.5, 0.6) is 11.5 Å². The minimum atomic E-state index is -0.756. The molecule has 0 bridgehead atoms. The summed E-state index contributed by atoms with van der Waals surface area (Å²) in [5.74, 6) is 1.13. The van der Waals surface area contributed by atoms with Crippen LogP contribution in [0.25, 0.3) is 27.6 Å². The van der Waals surface area contributed by atoms with Crippen LogP contribution in [0, 0.1) is 0 Å². The molecule has 7 rings (SSSR count). The van der Waals surface area contributed by atoms with Crippen molar-refractivity contribution in [3.63, 3.8) is 0 Å². The van der Waals surface area contributed by atoms with E-state index in [1.807, 2.05) is 124 Å². The topological polar surface area (TPSA) is 73.1 Å². The number of amides is 1. The van der Waals surface area contributed by atoms with Gasteiger partial charge in [0.05, 0.1) is 22.9 Å². The SMILES string of the molecule is CCN(CC)C(=O)C1=C(C)N=c2s/c(=C/c3c(OCc4ccccc4)ccc4ccccc34)c(=O)n2[C@@H]1c1c(OC)ccc2ccccc12. The summed E-state index contributed by atoms with van der Waals surface area (Å²) in [6, 6.07) is 33.3. The first-order chi connectivity index (χ1) is 23.9. The van der Waals surface area contributed by atoms with Gasteiger partial charge in [-0.05, 0) is 66.1 Å². The summed E-state index contributed by atoms with van der Waals surface area (Å²) in [6.45, 7) is 7.23. The van der Waals surface area contributed by atoms with Gasteiger partial charge < -0.3 is 14.4 Å². The second kappa shape index (κ2) is 13.6. The van der Waals surface area contributed by atoms with Crippen molar-refractivity contribution in [2.75, 3.05) is 20.2 Å². The first kappa shape index (κ1) is 32.1. The second-order valence-corrected chi connectivity index (χ2v) is 12.9. The predicted octanol–water partition coefficient (Wildman–Crippen LogP) is 7.00. The van der Waals surface area contributed by atoms with Crippen LogP contribution in [0.4, 0.5) is 0 Å². The Balaban J connectivity index is 1.48. The molecule has 1 aliphatic rings. The number of thiazole rings is 1. The molecule has 1 atom stereocenters. The normalized spacial score (nSPS) is 14.5. The number of hydrogen-bond acceptors (Lipinski definition) is 6. The van der Waals surface area contributed by atoms with E-state index in [-0.39, 0.29) is 11.5 Å². The molecule has 7 nitrogen and oxygen atoms in total. The van der Waals surface area contributed by atoms with E-state index in [1.54, 1.807) is 16.6 Å². The first-order valence-electron chi connectivity index (χ1n) is 16.5. The Kier molecular flexibility index (Phi) is 8.89. The summed E-state index contributed by atoms with van der Waals surface area (Å²) in [6.07, 6.45) is 1.91. The average Bonchev–Trinajstić information content (AvgIpc) is 3.44. The molecule has 0 fully saturated rings. The fourth-order valence-electron chi connectivity index (χ4n) is 6.70. The largest absolute Gasteiger partial charge is 0.496 e. The Hall–Kier alpha value is -5.47. The van der Waals surface area contributed by atoms with Crippen molar-refractivity contribution in [3.8, 4) is 11.5 Å². The molecule has 0 saturated carbocycles. The fourth-order valence-corrected chi connectivity index (χ4v) is 7.73. The van der Waals surface area contributed by atoms with Gasteiger partial charge >= 0.3 is 0 Å². The monoisotopic (exact) mass is 667 g/mol. The smallest absolute Gasteiger partial charge is 0.271 e. The van der Waals surface area contributed by atoms with Crippen LogP contribution in [0.2, 0.25) is 0 Å². The van der Waals surface area contributed by atoms with Gasteiger partial charge in [-0.25, -0.2) is 4.99 Å². The molecule has 0 unspecified atom stereocenters. The van der Waals surface area contributed by atoms with Crippen LogP contribution < -0.4 is 24.4 Å². The van der Waals surface area contributed by atoms with Crippen molar-refractivity contribution in [3.05, 3.63) is 151 Å². The zero-order valence-electron chi connectivity index (χ0n) is 28.0. The van der Waals surface area contributed by atoms with E-state index in [0.717, 1.165) is 38.2 Å². The Bertz CT molecular complexity index is 2420. The highest BCUT2D eigenvalue weighted by Gasteiger charge is 2.36. The van der Waals surface area contributed by atoms with Gasteiger partial charge in [0.15, 0.2) is 4.80 Å². The summed E-state index contributed by atoms with van der Waals surface area (Å²) in [7, 11) is 1.62. The third kappa shape index (κ3) is 5.82. The Morgan fingerprint density at radius 2 is 1.49 bits per heavy atom. The minimum Gasteiger partial charge on any atom is -0.496 e. The lowest BCUT2D eigenvalue weighted by molar-refractivity contribution is -0.127. The van der Waals surface area contributed by atoms with Gasteiger partial charge in [-0.1, -0.05) is 102 Å². The highest BCUT2D eigenvalue weighted by Crippen LogP contribution is 2.40. The van der Waals surface area contributed by atoms with Gasteiger partial charge in [-0.3, -0.25) is 14.2 Å². The summed E-state index contributed by atoms with van der Waals surface area (Å²) in [5.41, 5.74) is 3.44. The van der Waals surface area contributed by atoms with Crippen molar-refractivity contribution in [1.29, 1.82) is 0 Å². The first-order valence-corrected chi connectivity index (χ1v) is 17.3. The Morgan fingerprint density at radius 1 is 0.857 bits per heavy atom. The van der Waals surface area contributed by atoms with Gasteiger partial charge in [0.1, 0.15) is 24.1 Å². The van der Waals surface area contributed by atoms with E-state index in [0.29, 0.717) is 51.8 Å². The quantitative estimate of drug-likeness (QED) is 0.167. The molecule has 0 spiro atoms. The molecule has 0 radical (unpaired) electrons. The third-order valence-electron chi connectivity index (χ3n) is 9.17. The summed E-state index contributed by atoms with van der Waals surface area (Å²) in [5, 5.41) is 3.90. The van der Waals surface area contributed by atoms with Crippen LogP contribution in [-0.4, -0.2) is 35.6 Å². The van der Waals surface area contributed by atoms with E-state index in [4.69, 9.17) is 14.5 Å². The number of carbonyl (C=O) groups excluding carboxylic acids is 1. The lowest BCUT2D eigenvalue weighted by Crippen LogP contribution is -2.43. The molecule has 6 aromatic rings. The zero-order valence-corrected chi connectivity index (χ0v) is 28.8. The van der Waals surface area contributed by atoms with Crippen LogP contribution >= 0.6 is 11.3 Å². The van der Waals surface area contributed by atoms with E-state index in [2.05, 4.69) is 6.07 Å². The maximum atomic E-state index is 14.8. The van der Waals surface area contributed by atoms with E-state index in [1.165, 1.54) is 11.3 Å². The number of nitrogens with zero attached hydrogens (tertiary/aromatic N) is 3. The highest BCUT2D eigenvalue weighted by molar-refractivity contribution is 7.07. The second-order valence-electron chi connectivity index (χ2n) is 11.9. The average molecular weight is 668 g/mol. The molecular formula is C41H37N3O4S. The highest BCUT2D eigenvalue weighted by atomic mass is 32.1. The van der Waals surface area contributed by atoms with Gasteiger partial charge in [0.2, 0.25) is 0 Å². The number of carbonyl (C=O) groups is 1. The zero-order chi connectivity index (χ0) is 34.1. The number of fused-ring (bicyclic) bond motifs is 3. The molecular weight excluding hydrogens is 631 g/mol. The lowest BCUT2D eigenvalue weighted by atomic mass is 9.90. The number of likely N-dealkylation sites (N-methyl/N-ethyl adjacent to an activating group) is 1. The summed E-state index contributed by atoms with van der Waals surface area (Å²) in [4.78, 5) is 36.3. The molecule has 8 heteroatoms. The summed E-state index contributed by atoms with van der Waals surface area (Å²) >= 11 is 1.32. The van der Waals surface area contributed by atoms with Gasteiger partial charge in [0.25, 0.3) is 11.5 Å². The Morgan fingerprint density at radius 3 is 2.18 bits per heavy atom. The van der Waals surface area contributed by atoms with Gasteiger partial charge in [-0.15, -0.1) is 0 Å². The number of benzene rings is 5. The van der Waals surface area contributed by atoms with Crippen molar-refractivity contribution in [2.45, 2.75) is 33.4 Å². The maximum absolute atomic E-state index is 14.8. The lowest BCUT2D eigenvalue weighted by Gasteiger charge is -2.30. The van der Waals surface area contributed by atoms with E-state index < -0.39 is 6.04 Å². The van der Waals surface area contributed by atoms with Crippen molar-refractivity contribution >= 4 is 44.9 Å². The van der Waals surface area contributed by atoms with Crippen molar-refractivity contribution in [1.82, 2.24) is 9.47 Å². The molecule has 0 aliphatic carbocycles. The molecule has 5 aromatic carbocycles. The van der Waals surface area contributed by atoms with E-state index >= 15 is 0 Å². The van der Waals surface area contributed by atoms with E-state index in [9.17, 15) is 9.59 Å². The van der Waals surface area contributed by atoms with Crippen LogP contribution in [-0.2, 0) is 11.4 Å². The van der Waals surface area contributed by atoms with Gasteiger partial charge in [0, 0.05) is 24.2 Å². The number of aromatic nitrogens is 1. The number of hydrogen-bond donors (Lipinski definition) is 0. The molecule has 246 valence electrons. The predicted molar refractivity (Wildman–Crippen MR) is 197 cm³/mol. The Labute approximate surface area is 288 Å². The van der Waals surface area contributed by atoms with Crippen LogP contribution in [0.3, 0.4) is 0 Å². The third-order valence-corrected chi connectivity index (χ3v) is 10.2. The number of methoxy groups -OCH3 is 1. The number of rotatable bonds is 9. The minimum absolute atomic E-state index is 0.147. The summed E-state index contributed by atoms with van der Waals surface area (Å²) < 4.78 is 14.5. The maximum Gasteiger partial charge on any atom is 0.271 e. The molecule has 1 amide bonds. The molecule has 2 heterocycles.